The molecule has 0 saturated heterocycles. The van der Waals surface area contributed by atoms with Gasteiger partial charge in [-0.25, -0.2) is 0 Å². The summed E-state index contributed by atoms with van der Waals surface area (Å²) < 4.78 is 0. The Bertz CT molecular complexity index is 166. The summed E-state index contributed by atoms with van der Waals surface area (Å²) in [6.45, 7) is 2.36. The zero-order chi connectivity index (χ0) is 10.1. The van der Waals surface area contributed by atoms with Crippen molar-refractivity contribution in [2.24, 2.45) is 5.73 Å². The van der Waals surface area contributed by atoms with Gasteiger partial charge in [0.15, 0.2) is 0 Å². The third kappa shape index (κ3) is 7.68. The monoisotopic (exact) mass is 185 g/mol. The molecule has 13 heavy (non-hydrogen) atoms. The van der Waals surface area contributed by atoms with Gasteiger partial charge in [0.25, 0.3) is 0 Å². The maximum absolute atomic E-state index is 11.2. The Balaban J connectivity index is 3.49. The van der Waals surface area contributed by atoms with Gasteiger partial charge in [-0.05, 0) is 26.3 Å². The molecular formula is C10H19NO2. The molecule has 0 radical (unpaired) electrons. The van der Waals surface area contributed by atoms with Gasteiger partial charge in [0.1, 0.15) is 5.78 Å². The third-order valence-corrected chi connectivity index (χ3v) is 1.79. The van der Waals surface area contributed by atoms with Crippen LogP contribution in [-0.2, 0) is 4.79 Å². The average Bonchev–Trinajstić information content (AvgIpc) is 2.05. The Labute approximate surface area is 79.6 Å². The summed E-state index contributed by atoms with van der Waals surface area (Å²) in [7, 11) is 0. The Kier molecular flexibility index (Phi) is 7.54. The van der Waals surface area contributed by atoms with E-state index in [1.165, 1.54) is 0 Å². The predicted molar refractivity (Wildman–Crippen MR) is 53.4 cm³/mol. The molecule has 0 aliphatic carbocycles. The maximum Gasteiger partial charge on any atom is 0.135 e. The lowest BCUT2D eigenvalue weighted by Crippen LogP contribution is -2.17. The molecule has 0 aromatic rings. The van der Waals surface area contributed by atoms with E-state index in [1.807, 2.05) is 19.1 Å². The standard InChI is InChI=1S/C10H19NO2/c1-2-3-4-5-9(12)8-10(13)6-7-11/h2-3,10,13H,4-8,11H2,1H3/b3-2+. The van der Waals surface area contributed by atoms with Crippen molar-refractivity contribution in [1.82, 2.24) is 0 Å². The second-order valence-electron chi connectivity index (χ2n) is 3.08. The Morgan fingerprint density at radius 1 is 1.62 bits per heavy atom. The van der Waals surface area contributed by atoms with Crippen molar-refractivity contribution in [2.45, 2.75) is 38.7 Å². The molecule has 0 amide bonds. The van der Waals surface area contributed by atoms with E-state index in [2.05, 4.69) is 0 Å². The van der Waals surface area contributed by atoms with Crippen molar-refractivity contribution < 1.29 is 9.90 Å². The van der Waals surface area contributed by atoms with Crippen LogP contribution in [0.25, 0.3) is 0 Å². The molecule has 1 atom stereocenters. The topological polar surface area (TPSA) is 63.3 Å². The lowest BCUT2D eigenvalue weighted by atomic mass is 10.1. The minimum Gasteiger partial charge on any atom is -0.393 e. The molecule has 0 bridgehead atoms. The summed E-state index contributed by atoms with van der Waals surface area (Å²) >= 11 is 0. The van der Waals surface area contributed by atoms with Crippen molar-refractivity contribution in [2.75, 3.05) is 6.54 Å². The first-order valence-corrected chi connectivity index (χ1v) is 4.71. The zero-order valence-electron chi connectivity index (χ0n) is 8.20. The normalized spacial score (nSPS) is 13.5. The van der Waals surface area contributed by atoms with Gasteiger partial charge in [0, 0.05) is 12.8 Å². The van der Waals surface area contributed by atoms with Gasteiger partial charge < -0.3 is 10.8 Å². The Hall–Kier alpha value is -0.670. The van der Waals surface area contributed by atoms with E-state index in [4.69, 9.17) is 5.73 Å². The number of Topliss-reactive ketones (excluding diaryl/α,β-unsaturated/α-hetero) is 1. The molecule has 0 rings (SSSR count). The van der Waals surface area contributed by atoms with Crippen LogP contribution >= 0.6 is 0 Å². The molecule has 1 unspecified atom stereocenters. The van der Waals surface area contributed by atoms with Crippen LogP contribution in [0.15, 0.2) is 12.2 Å². The average molecular weight is 185 g/mol. The van der Waals surface area contributed by atoms with Gasteiger partial charge in [-0.15, -0.1) is 0 Å². The van der Waals surface area contributed by atoms with E-state index >= 15 is 0 Å². The van der Waals surface area contributed by atoms with E-state index in [0.717, 1.165) is 6.42 Å². The summed E-state index contributed by atoms with van der Waals surface area (Å²) in [6.07, 6.45) is 5.36. The van der Waals surface area contributed by atoms with Crippen molar-refractivity contribution in [1.29, 1.82) is 0 Å². The number of allylic oxidation sites excluding steroid dienone is 2. The molecular weight excluding hydrogens is 166 g/mol. The highest BCUT2D eigenvalue weighted by Gasteiger charge is 2.08. The van der Waals surface area contributed by atoms with Crippen molar-refractivity contribution in [3.63, 3.8) is 0 Å². The number of aliphatic hydroxyl groups excluding tert-OH is 1. The minimum absolute atomic E-state index is 0.110. The van der Waals surface area contributed by atoms with E-state index in [9.17, 15) is 9.90 Å². The molecule has 0 fully saturated rings. The van der Waals surface area contributed by atoms with E-state index in [-0.39, 0.29) is 12.2 Å². The number of nitrogens with two attached hydrogens (primary N) is 1. The number of aliphatic hydroxyl groups is 1. The van der Waals surface area contributed by atoms with Crippen LogP contribution in [0.2, 0.25) is 0 Å². The van der Waals surface area contributed by atoms with Crippen molar-refractivity contribution in [3.05, 3.63) is 12.2 Å². The van der Waals surface area contributed by atoms with Gasteiger partial charge >= 0.3 is 0 Å². The lowest BCUT2D eigenvalue weighted by Gasteiger charge is -2.06. The van der Waals surface area contributed by atoms with Crippen LogP contribution < -0.4 is 5.73 Å². The highest BCUT2D eigenvalue weighted by atomic mass is 16.3. The quantitative estimate of drug-likeness (QED) is 0.582. The van der Waals surface area contributed by atoms with Crippen LogP contribution in [0.3, 0.4) is 0 Å². The number of hydrogen-bond donors (Lipinski definition) is 2. The lowest BCUT2D eigenvalue weighted by molar-refractivity contribution is -0.120. The number of rotatable bonds is 7. The van der Waals surface area contributed by atoms with Crippen LogP contribution in [0, 0.1) is 0 Å². The van der Waals surface area contributed by atoms with E-state index in [0.29, 0.717) is 19.4 Å². The van der Waals surface area contributed by atoms with Crippen molar-refractivity contribution in [3.8, 4) is 0 Å². The van der Waals surface area contributed by atoms with Gasteiger partial charge in [0.05, 0.1) is 6.10 Å². The first kappa shape index (κ1) is 12.3. The van der Waals surface area contributed by atoms with Gasteiger partial charge in [-0.1, -0.05) is 12.2 Å². The smallest absolute Gasteiger partial charge is 0.135 e. The van der Waals surface area contributed by atoms with Crippen LogP contribution in [0.5, 0.6) is 0 Å². The fourth-order valence-corrected chi connectivity index (χ4v) is 1.07. The summed E-state index contributed by atoms with van der Waals surface area (Å²) in [6, 6.07) is 0. The largest absolute Gasteiger partial charge is 0.393 e. The molecule has 0 aromatic heterocycles. The molecule has 3 heteroatoms. The van der Waals surface area contributed by atoms with Crippen molar-refractivity contribution >= 4 is 5.78 Å². The number of ketones is 1. The summed E-state index contributed by atoms with van der Waals surface area (Å²) in [4.78, 5) is 11.2. The van der Waals surface area contributed by atoms with Crippen LogP contribution in [0.4, 0.5) is 0 Å². The summed E-state index contributed by atoms with van der Waals surface area (Å²) in [5.41, 5.74) is 5.24. The molecule has 0 aromatic carbocycles. The second-order valence-corrected chi connectivity index (χ2v) is 3.08. The minimum atomic E-state index is -0.553. The number of carbonyl (C=O) groups is 1. The molecule has 3 nitrogen and oxygen atoms in total. The number of hydrogen-bond acceptors (Lipinski definition) is 3. The van der Waals surface area contributed by atoms with Gasteiger partial charge in [-0.2, -0.15) is 0 Å². The van der Waals surface area contributed by atoms with Crippen LogP contribution in [0.1, 0.15) is 32.6 Å². The predicted octanol–water partition coefficient (Wildman–Crippen LogP) is 1.01. The molecule has 0 aliphatic rings. The van der Waals surface area contributed by atoms with Gasteiger partial charge in [0.2, 0.25) is 0 Å². The molecule has 0 aliphatic heterocycles. The fourth-order valence-electron chi connectivity index (χ4n) is 1.07. The first-order valence-electron chi connectivity index (χ1n) is 4.71. The van der Waals surface area contributed by atoms with E-state index < -0.39 is 6.10 Å². The van der Waals surface area contributed by atoms with Gasteiger partial charge in [-0.3, -0.25) is 4.79 Å². The second kappa shape index (κ2) is 7.95. The molecule has 76 valence electrons. The third-order valence-electron chi connectivity index (χ3n) is 1.79. The summed E-state index contributed by atoms with van der Waals surface area (Å²) in [5, 5.41) is 9.26. The SMILES string of the molecule is C/C=C/CCC(=O)CC(O)CCN. The highest BCUT2D eigenvalue weighted by molar-refractivity contribution is 5.78. The Morgan fingerprint density at radius 2 is 2.31 bits per heavy atom. The Morgan fingerprint density at radius 3 is 2.85 bits per heavy atom. The summed E-state index contributed by atoms with van der Waals surface area (Å²) in [5.74, 6) is 0.110. The zero-order valence-corrected chi connectivity index (χ0v) is 8.20. The van der Waals surface area contributed by atoms with Crippen LogP contribution in [-0.4, -0.2) is 23.5 Å². The molecule has 0 saturated carbocycles. The fraction of sp³-hybridized carbons (Fsp3) is 0.700. The first-order chi connectivity index (χ1) is 6.20. The van der Waals surface area contributed by atoms with E-state index in [1.54, 1.807) is 0 Å². The molecule has 3 N–H and O–H groups in total. The molecule has 0 heterocycles. The highest BCUT2D eigenvalue weighted by Crippen LogP contribution is 2.02. The number of carbonyl (C=O) groups excluding carboxylic acids is 1. The maximum atomic E-state index is 11.2. The molecule has 0 spiro atoms.